The SMILES string of the molecule is CC(=O)c1ccccc1OC(=O)c1ccc(-c2cc(Cl)ccc2Cl)o1. The molecule has 0 aliphatic heterocycles. The van der Waals surface area contributed by atoms with Gasteiger partial charge in [-0.2, -0.15) is 0 Å². The van der Waals surface area contributed by atoms with Crippen molar-refractivity contribution in [2.45, 2.75) is 6.92 Å². The lowest BCUT2D eigenvalue weighted by atomic mass is 10.1. The molecule has 126 valence electrons. The maximum Gasteiger partial charge on any atom is 0.379 e. The molecule has 0 atom stereocenters. The second-order valence-electron chi connectivity index (χ2n) is 5.23. The third-order valence-corrected chi connectivity index (χ3v) is 4.03. The molecule has 0 amide bonds. The van der Waals surface area contributed by atoms with Gasteiger partial charge in [-0.25, -0.2) is 4.79 Å². The number of carbonyl (C=O) groups excluding carboxylic acids is 2. The number of halogens is 2. The summed E-state index contributed by atoms with van der Waals surface area (Å²) in [5, 5.41) is 0.941. The third kappa shape index (κ3) is 3.76. The Morgan fingerprint density at radius 1 is 1.00 bits per heavy atom. The van der Waals surface area contributed by atoms with Crippen LogP contribution in [-0.2, 0) is 0 Å². The Balaban J connectivity index is 1.87. The molecule has 1 aromatic heterocycles. The van der Waals surface area contributed by atoms with Gasteiger partial charge in [0.1, 0.15) is 11.5 Å². The number of rotatable bonds is 4. The van der Waals surface area contributed by atoms with Gasteiger partial charge in [0.15, 0.2) is 5.78 Å². The third-order valence-electron chi connectivity index (χ3n) is 3.47. The van der Waals surface area contributed by atoms with E-state index in [-0.39, 0.29) is 17.3 Å². The van der Waals surface area contributed by atoms with Gasteiger partial charge in [-0.3, -0.25) is 4.79 Å². The monoisotopic (exact) mass is 374 g/mol. The Kier molecular flexibility index (Phi) is 4.93. The summed E-state index contributed by atoms with van der Waals surface area (Å²) < 4.78 is 10.8. The molecule has 0 N–H and O–H groups in total. The van der Waals surface area contributed by atoms with Gasteiger partial charge in [0.2, 0.25) is 5.76 Å². The van der Waals surface area contributed by atoms with Crippen LogP contribution in [0, 0.1) is 0 Å². The van der Waals surface area contributed by atoms with E-state index in [1.165, 1.54) is 13.0 Å². The van der Waals surface area contributed by atoms with Gasteiger partial charge in [-0.15, -0.1) is 0 Å². The van der Waals surface area contributed by atoms with Crippen LogP contribution in [0.3, 0.4) is 0 Å². The molecule has 0 saturated heterocycles. The molecule has 0 aliphatic carbocycles. The van der Waals surface area contributed by atoms with Gasteiger partial charge in [0, 0.05) is 10.6 Å². The Bertz CT molecular complexity index is 960. The van der Waals surface area contributed by atoms with Crippen molar-refractivity contribution >= 4 is 35.0 Å². The Morgan fingerprint density at radius 3 is 2.52 bits per heavy atom. The van der Waals surface area contributed by atoms with Gasteiger partial charge in [0.25, 0.3) is 0 Å². The van der Waals surface area contributed by atoms with Crippen molar-refractivity contribution in [2.24, 2.45) is 0 Å². The summed E-state index contributed by atoms with van der Waals surface area (Å²) in [6.07, 6.45) is 0. The molecule has 3 aromatic rings. The molecule has 0 spiro atoms. The smallest absolute Gasteiger partial charge is 0.379 e. The van der Waals surface area contributed by atoms with E-state index in [0.717, 1.165) is 0 Å². The molecule has 0 aliphatic rings. The lowest BCUT2D eigenvalue weighted by Gasteiger charge is -2.06. The zero-order valence-electron chi connectivity index (χ0n) is 13.1. The topological polar surface area (TPSA) is 56.5 Å². The van der Waals surface area contributed by atoms with Crippen LogP contribution in [0.15, 0.2) is 59.0 Å². The summed E-state index contributed by atoms with van der Waals surface area (Å²) >= 11 is 12.1. The molecule has 2 aromatic carbocycles. The Morgan fingerprint density at radius 2 is 1.76 bits per heavy atom. The van der Waals surface area contributed by atoms with Gasteiger partial charge in [0.05, 0.1) is 10.6 Å². The molecule has 0 fully saturated rings. The zero-order chi connectivity index (χ0) is 18.0. The van der Waals surface area contributed by atoms with E-state index in [1.807, 2.05) is 0 Å². The number of hydrogen-bond acceptors (Lipinski definition) is 4. The number of ether oxygens (including phenoxy) is 1. The molecule has 0 saturated carbocycles. The maximum absolute atomic E-state index is 12.3. The van der Waals surface area contributed by atoms with Crippen molar-refractivity contribution in [1.82, 2.24) is 0 Å². The van der Waals surface area contributed by atoms with E-state index in [0.29, 0.717) is 26.9 Å². The van der Waals surface area contributed by atoms with E-state index in [9.17, 15) is 9.59 Å². The quantitative estimate of drug-likeness (QED) is 0.335. The van der Waals surface area contributed by atoms with Crippen LogP contribution in [0.1, 0.15) is 27.8 Å². The number of para-hydroxylation sites is 1. The number of Topliss-reactive ketones (excluding diaryl/α,β-unsaturated/α-hetero) is 1. The van der Waals surface area contributed by atoms with Crippen LogP contribution in [0.2, 0.25) is 10.0 Å². The van der Waals surface area contributed by atoms with Crippen molar-refractivity contribution in [3.05, 3.63) is 76.0 Å². The fourth-order valence-corrected chi connectivity index (χ4v) is 2.66. The summed E-state index contributed by atoms with van der Waals surface area (Å²) in [4.78, 5) is 23.9. The number of furan rings is 1. The molecular formula is C19H12Cl2O4. The summed E-state index contributed by atoms with van der Waals surface area (Å²) in [7, 11) is 0. The number of esters is 1. The van der Waals surface area contributed by atoms with E-state index < -0.39 is 5.97 Å². The largest absolute Gasteiger partial charge is 0.449 e. The Hall–Kier alpha value is -2.56. The van der Waals surface area contributed by atoms with Crippen LogP contribution >= 0.6 is 23.2 Å². The van der Waals surface area contributed by atoms with Crippen LogP contribution in [0.4, 0.5) is 0 Å². The lowest BCUT2D eigenvalue weighted by Crippen LogP contribution is -2.09. The fraction of sp³-hybridized carbons (Fsp3) is 0.0526. The van der Waals surface area contributed by atoms with Gasteiger partial charge in [-0.1, -0.05) is 35.3 Å². The summed E-state index contributed by atoms with van der Waals surface area (Å²) in [5.41, 5.74) is 0.887. The van der Waals surface area contributed by atoms with Gasteiger partial charge in [-0.05, 0) is 49.4 Å². The Labute approximate surface area is 153 Å². The normalized spacial score (nSPS) is 10.5. The summed E-state index contributed by atoms with van der Waals surface area (Å²) in [6, 6.07) is 14.5. The molecule has 0 bridgehead atoms. The van der Waals surface area contributed by atoms with Crippen LogP contribution in [0.25, 0.3) is 11.3 Å². The van der Waals surface area contributed by atoms with E-state index in [4.69, 9.17) is 32.4 Å². The molecule has 0 unspecified atom stereocenters. The van der Waals surface area contributed by atoms with Crippen molar-refractivity contribution in [2.75, 3.05) is 0 Å². The molecule has 25 heavy (non-hydrogen) atoms. The number of ketones is 1. The van der Waals surface area contributed by atoms with Crippen molar-refractivity contribution in [3.63, 3.8) is 0 Å². The number of benzene rings is 2. The van der Waals surface area contributed by atoms with Crippen molar-refractivity contribution in [1.29, 1.82) is 0 Å². The standard InChI is InChI=1S/C19H12Cl2O4/c1-11(22)13-4-2-3-5-16(13)25-19(23)18-9-8-17(24-18)14-10-12(20)6-7-15(14)21/h2-10H,1H3. The van der Waals surface area contributed by atoms with Crippen LogP contribution < -0.4 is 4.74 Å². The molecule has 6 heteroatoms. The maximum atomic E-state index is 12.3. The number of carbonyl (C=O) groups is 2. The predicted molar refractivity (Wildman–Crippen MR) is 95.6 cm³/mol. The average molecular weight is 375 g/mol. The first-order valence-corrected chi connectivity index (χ1v) is 8.08. The average Bonchev–Trinajstić information content (AvgIpc) is 3.07. The van der Waals surface area contributed by atoms with Crippen LogP contribution in [0.5, 0.6) is 5.75 Å². The first-order valence-electron chi connectivity index (χ1n) is 7.33. The first-order chi connectivity index (χ1) is 12.0. The van der Waals surface area contributed by atoms with Gasteiger partial charge < -0.3 is 9.15 Å². The first kappa shape index (κ1) is 17.3. The van der Waals surface area contributed by atoms with Crippen molar-refractivity contribution < 1.29 is 18.7 Å². The second-order valence-corrected chi connectivity index (χ2v) is 6.07. The molecular weight excluding hydrogens is 363 g/mol. The second kappa shape index (κ2) is 7.13. The minimum absolute atomic E-state index is 0.00982. The van der Waals surface area contributed by atoms with Crippen molar-refractivity contribution in [3.8, 4) is 17.1 Å². The number of hydrogen-bond donors (Lipinski definition) is 0. The van der Waals surface area contributed by atoms with Gasteiger partial charge >= 0.3 is 5.97 Å². The molecule has 0 radical (unpaired) electrons. The molecule has 3 rings (SSSR count). The zero-order valence-corrected chi connectivity index (χ0v) is 14.6. The molecule has 1 heterocycles. The summed E-state index contributed by atoms with van der Waals surface area (Å²) in [6.45, 7) is 1.40. The van der Waals surface area contributed by atoms with Crippen LogP contribution in [-0.4, -0.2) is 11.8 Å². The fourth-order valence-electron chi connectivity index (χ4n) is 2.28. The predicted octanol–water partition coefficient (Wildman–Crippen LogP) is 5.68. The van der Waals surface area contributed by atoms with E-state index in [2.05, 4.69) is 0 Å². The highest BCUT2D eigenvalue weighted by molar-refractivity contribution is 6.35. The summed E-state index contributed by atoms with van der Waals surface area (Å²) in [5.74, 6) is -0.352. The highest BCUT2D eigenvalue weighted by Crippen LogP contribution is 2.32. The molecule has 4 nitrogen and oxygen atoms in total. The minimum Gasteiger partial charge on any atom is -0.449 e. The lowest BCUT2D eigenvalue weighted by molar-refractivity contribution is 0.0700. The highest BCUT2D eigenvalue weighted by Gasteiger charge is 2.18. The van der Waals surface area contributed by atoms with E-state index in [1.54, 1.807) is 48.5 Å². The van der Waals surface area contributed by atoms with E-state index >= 15 is 0 Å². The highest BCUT2D eigenvalue weighted by atomic mass is 35.5. The minimum atomic E-state index is -0.710.